The summed E-state index contributed by atoms with van der Waals surface area (Å²) in [5.41, 5.74) is 2.58. The van der Waals surface area contributed by atoms with E-state index < -0.39 is 6.10 Å². The third-order valence-electron chi connectivity index (χ3n) is 4.68. The van der Waals surface area contributed by atoms with Crippen molar-refractivity contribution in [2.45, 2.75) is 32.0 Å². The number of carbonyl (C=O) groups is 2. The number of rotatable bonds is 5. The van der Waals surface area contributed by atoms with Crippen LogP contribution in [-0.4, -0.2) is 42.7 Å². The standard InChI is InChI=1S/C21H24N2O4/c1-12(24)11-23-20(25)15-9-16-18(14-7-5-4-6-8-14)13(2)27-19(16)17(10-15)21(26)22-3/h4-10,12-13,18,24H,11H2,1-3H3,(H,22,26)(H,23,25)/t12?,13-,18-/m1/s1. The summed E-state index contributed by atoms with van der Waals surface area (Å²) in [6, 6.07) is 13.2. The van der Waals surface area contributed by atoms with Crippen LogP contribution in [0.25, 0.3) is 0 Å². The van der Waals surface area contributed by atoms with Gasteiger partial charge in [0.1, 0.15) is 11.9 Å². The molecule has 2 aromatic carbocycles. The normalized spacial score (nSPS) is 19.0. The van der Waals surface area contributed by atoms with Gasteiger partial charge in [0.2, 0.25) is 0 Å². The number of hydrogen-bond donors (Lipinski definition) is 3. The Kier molecular flexibility index (Phi) is 5.46. The molecule has 0 bridgehead atoms. The lowest BCUT2D eigenvalue weighted by molar-refractivity contribution is 0.0924. The van der Waals surface area contributed by atoms with Gasteiger partial charge >= 0.3 is 0 Å². The highest BCUT2D eigenvalue weighted by Gasteiger charge is 2.36. The van der Waals surface area contributed by atoms with Gasteiger partial charge in [-0.15, -0.1) is 0 Å². The smallest absolute Gasteiger partial charge is 0.254 e. The SMILES string of the molecule is CNC(=O)c1cc(C(=O)NCC(C)O)cc2c1O[C@H](C)[C@@H]2c1ccccc1. The maximum absolute atomic E-state index is 12.5. The number of fused-ring (bicyclic) bond motifs is 1. The van der Waals surface area contributed by atoms with Crippen LogP contribution in [0.2, 0.25) is 0 Å². The Labute approximate surface area is 158 Å². The monoisotopic (exact) mass is 368 g/mol. The molecule has 2 amide bonds. The van der Waals surface area contributed by atoms with Crippen LogP contribution in [0, 0.1) is 0 Å². The van der Waals surface area contributed by atoms with E-state index in [1.807, 2.05) is 37.3 Å². The lowest BCUT2D eigenvalue weighted by atomic mass is 9.87. The van der Waals surface area contributed by atoms with Gasteiger partial charge in [0.05, 0.1) is 11.7 Å². The molecule has 1 heterocycles. The van der Waals surface area contributed by atoms with E-state index in [2.05, 4.69) is 10.6 Å². The largest absolute Gasteiger partial charge is 0.489 e. The van der Waals surface area contributed by atoms with Gasteiger partial charge in [0.25, 0.3) is 11.8 Å². The zero-order valence-corrected chi connectivity index (χ0v) is 15.7. The second kappa shape index (κ2) is 7.80. The molecule has 27 heavy (non-hydrogen) atoms. The van der Waals surface area contributed by atoms with Crippen molar-refractivity contribution in [3.05, 3.63) is 64.7 Å². The van der Waals surface area contributed by atoms with Gasteiger partial charge in [-0.2, -0.15) is 0 Å². The molecule has 1 unspecified atom stereocenters. The molecule has 6 heteroatoms. The zero-order valence-electron chi connectivity index (χ0n) is 15.7. The number of carbonyl (C=O) groups excluding carboxylic acids is 2. The molecule has 1 aliphatic heterocycles. The minimum atomic E-state index is -0.651. The molecule has 2 aromatic rings. The van der Waals surface area contributed by atoms with E-state index in [1.165, 1.54) is 6.07 Å². The van der Waals surface area contributed by atoms with Crippen LogP contribution in [0.5, 0.6) is 5.75 Å². The predicted octanol–water partition coefficient (Wildman–Crippen LogP) is 2.07. The highest BCUT2D eigenvalue weighted by atomic mass is 16.5. The first kappa shape index (κ1) is 18.9. The first-order valence-electron chi connectivity index (χ1n) is 9.00. The van der Waals surface area contributed by atoms with Crippen molar-refractivity contribution in [2.24, 2.45) is 0 Å². The van der Waals surface area contributed by atoms with Crippen molar-refractivity contribution in [1.29, 1.82) is 0 Å². The van der Waals surface area contributed by atoms with Gasteiger partial charge in [-0.05, 0) is 31.5 Å². The van der Waals surface area contributed by atoms with E-state index in [9.17, 15) is 14.7 Å². The molecule has 0 aromatic heterocycles. The van der Waals surface area contributed by atoms with Crippen LogP contribution in [0.3, 0.4) is 0 Å². The topological polar surface area (TPSA) is 87.7 Å². The number of nitrogens with one attached hydrogen (secondary N) is 2. The lowest BCUT2D eigenvalue weighted by Crippen LogP contribution is -2.31. The maximum Gasteiger partial charge on any atom is 0.254 e. The van der Waals surface area contributed by atoms with E-state index in [0.717, 1.165) is 11.1 Å². The third kappa shape index (κ3) is 3.80. The van der Waals surface area contributed by atoms with Gasteiger partial charge in [-0.25, -0.2) is 0 Å². The zero-order chi connectivity index (χ0) is 19.6. The molecule has 6 nitrogen and oxygen atoms in total. The highest BCUT2D eigenvalue weighted by molar-refractivity contribution is 6.02. The van der Waals surface area contributed by atoms with Crippen molar-refractivity contribution in [1.82, 2.24) is 10.6 Å². The summed E-state index contributed by atoms with van der Waals surface area (Å²) in [6.07, 6.45) is -0.816. The second-order valence-electron chi connectivity index (χ2n) is 6.79. The minimum absolute atomic E-state index is 0.0749. The summed E-state index contributed by atoms with van der Waals surface area (Å²) in [4.78, 5) is 24.9. The van der Waals surface area contributed by atoms with Crippen molar-refractivity contribution >= 4 is 11.8 Å². The van der Waals surface area contributed by atoms with Gasteiger partial charge in [-0.3, -0.25) is 9.59 Å². The molecule has 0 aliphatic carbocycles. The molecule has 0 radical (unpaired) electrons. The lowest BCUT2D eigenvalue weighted by Gasteiger charge is -2.15. The van der Waals surface area contributed by atoms with Crippen molar-refractivity contribution in [3.63, 3.8) is 0 Å². The quantitative estimate of drug-likeness (QED) is 0.754. The van der Waals surface area contributed by atoms with Crippen LogP contribution >= 0.6 is 0 Å². The summed E-state index contributed by atoms with van der Waals surface area (Å²) in [5, 5.41) is 14.7. The summed E-state index contributed by atoms with van der Waals surface area (Å²) in [7, 11) is 1.54. The molecule has 0 saturated heterocycles. The fraction of sp³-hybridized carbons (Fsp3) is 0.333. The summed E-state index contributed by atoms with van der Waals surface area (Å²) in [5.74, 6) is -0.204. The summed E-state index contributed by atoms with van der Waals surface area (Å²) >= 11 is 0. The van der Waals surface area contributed by atoms with Crippen LogP contribution in [0.4, 0.5) is 0 Å². The number of aliphatic hydroxyl groups is 1. The van der Waals surface area contributed by atoms with Crippen LogP contribution in [0.1, 0.15) is 51.6 Å². The van der Waals surface area contributed by atoms with Crippen LogP contribution in [0.15, 0.2) is 42.5 Å². The van der Waals surface area contributed by atoms with Crippen LogP contribution in [-0.2, 0) is 0 Å². The Balaban J connectivity index is 2.08. The number of hydrogen-bond acceptors (Lipinski definition) is 4. The molecule has 142 valence electrons. The second-order valence-corrected chi connectivity index (χ2v) is 6.79. The van der Waals surface area contributed by atoms with Crippen molar-refractivity contribution in [3.8, 4) is 5.75 Å². The fourth-order valence-electron chi connectivity index (χ4n) is 3.41. The molecule has 1 aliphatic rings. The molecule has 0 spiro atoms. The number of aliphatic hydroxyl groups excluding tert-OH is 1. The highest BCUT2D eigenvalue weighted by Crippen LogP contribution is 2.44. The molecule has 3 atom stereocenters. The van der Waals surface area contributed by atoms with E-state index in [-0.39, 0.29) is 30.4 Å². The Morgan fingerprint density at radius 1 is 1.19 bits per heavy atom. The first-order chi connectivity index (χ1) is 12.9. The van der Waals surface area contributed by atoms with E-state index in [1.54, 1.807) is 20.0 Å². The number of ether oxygens (including phenoxy) is 1. The molecule has 0 fully saturated rings. The average Bonchev–Trinajstić information content (AvgIpc) is 3.00. The van der Waals surface area contributed by atoms with Gasteiger partial charge < -0.3 is 20.5 Å². The van der Waals surface area contributed by atoms with Crippen LogP contribution < -0.4 is 15.4 Å². The third-order valence-corrected chi connectivity index (χ3v) is 4.68. The van der Waals surface area contributed by atoms with Gasteiger partial charge in [-0.1, -0.05) is 30.3 Å². The Hall–Kier alpha value is -2.86. The Morgan fingerprint density at radius 2 is 1.89 bits per heavy atom. The number of amides is 2. The fourth-order valence-corrected chi connectivity index (χ4v) is 3.41. The summed E-state index contributed by atoms with van der Waals surface area (Å²) in [6.45, 7) is 3.69. The maximum atomic E-state index is 12.5. The van der Waals surface area contributed by atoms with Gasteiger partial charge in [0, 0.05) is 30.6 Å². The first-order valence-corrected chi connectivity index (χ1v) is 9.00. The molecular formula is C21H24N2O4. The van der Waals surface area contributed by atoms with E-state index >= 15 is 0 Å². The van der Waals surface area contributed by atoms with Crippen molar-refractivity contribution in [2.75, 3.05) is 13.6 Å². The van der Waals surface area contributed by atoms with E-state index in [4.69, 9.17) is 4.74 Å². The minimum Gasteiger partial charge on any atom is -0.489 e. The van der Waals surface area contributed by atoms with Gasteiger partial charge in [0.15, 0.2) is 0 Å². The Bertz CT molecular complexity index is 849. The summed E-state index contributed by atoms with van der Waals surface area (Å²) < 4.78 is 6.03. The molecule has 3 rings (SSSR count). The molecule has 3 N–H and O–H groups in total. The van der Waals surface area contributed by atoms with E-state index in [0.29, 0.717) is 16.9 Å². The molecular weight excluding hydrogens is 344 g/mol. The predicted molar refractivity (Wildman–Crippen MR) is 102 cm³/mol. The number of benzene rings is 2. The Morgan fingerprint density at radius 3 is 2.52 bits per heavy atom. The average molecular weight is 368 g/mol. The molecule has 0 saturated carbocycles. The van der Waals surface area contributed by atoms with Crippen molar-refractivity contribution < 1.29 is 19.4 Å².